The Labute approximate surface area is 209 Å². The van der Waals surface area contributed by atoms with Gasteiger partial charge in [-0.3, -0.25) is 0 Å². The molecule has 0 bridgehead atoms. The first-order valence-corrected chi connectivity index (χ1v) is 16.3. The molecular weight excluding hydrogens is 432 g/mol. The van der Waals surface area contributed by atoms with Gasteiger partial charge in [0.15, 0.2) is 0 Å². The molecule has 2 aliphatic rings. The van der Waals surface area contributed by atoms with Crippen LogP contribution in [0.15, 0.2) is 0 Å². The molecule has 2 rings (SSSR count). The van der Waals surface area contributed by atoms with Crippen LogP contribution in [0.5, 0.6) is 0 Å². The minimum Gasteiger partial charge on any atom is -0.306 e. The molecule has 0 radical (unpaired) electrons. The first-order valence-electron chi connectivity index (χ1n) is 13.8. The van der Waals surface area contributed by atoms with Gasteiger partial charge < -0.3 is 19.6 Å². The smallest absolute Gasteiger partial charge is 0.0165 e. The van der Waals surface area contributed by atoms with E-state index in [-0.39, 0.29) is 0 Å². The molecule has 2 saturated heterocycles. The molecule has 0 aliphatic carbocycles. The van der Waals surface area contributed by atoms with Crippen LogP contribution in [0, 0.1) is 0 Å². The van der Waals surface area contributed by atoms with E-state index in [0.717, 1.165) is 0 Å². The van der Waals surface area contributed by atoms with Gasteiger partial charge in [-0.1, -0.05) is 47.3 Å². The van der Waals surface area contributed by atoms with Gasteiger partial charge in [-0.05, 0) is 118 Å². The molecule has 2 heterocycles. The fourth-order valence-electron chi connectivity index (χ4n) is 4.88. The molecule has 0 N–H and O–H groups in total. The molecular formula is C26H54N4S2. The summed E-state index contributed by atoms with van der Waals surface area (Å²) in [6.07, 6.45) is 16.9. The van der Waals surface area contributed by atoms with Gasteiger partial charge in [0.05, 0.1) is 0 Å². The minimum absolute atomic E-state index is 1.23. The van der Waals surface area contributed by atoms with Crippen molar-refractivity contribution in [2.24, 2.45) is 0 Å². The SMILES string of the molecule is CN(CCCCCCN1CCCC1)CCSSCCN(C)CCCCCCN1CCCC1. The summed E-state index contributed by atoms with van der Waals surface area (Å²) < 4.78 is 0. The van der Waals surface area contributed by atoms with E-state index in [1.807, 2.05) is 0 Å². The maximum absolute atomic E-state index is 2.65. The number of unbranched alkanes of at least 4 members (excludes halogenated alkanes) is 6. The van der Waals surface area contributed by atoms with Crippen LogP contribution in [0.4, 0.5) is 0 Å². The zero-order chi connectivity index (χ0) is 22.7. The van der Waals surface area contributed by atoms with Crippen LogP contribution in [0.1, 0.15) is 77.0 Å². The van der Waals surface area contributed by atoms with E-state index in [1.165, 1.54) is 154 Å². The summed E-state index contributed by atoms with van der Waals surface area (Å²) in [6.45, 7) is 13.1. The molecule has 0 saturated carbocycles. The monoisotopic (exact) mass is 486 g/mol. The summed E-state index contributed by atoms with van der Waals surface area (Å²) in [7, 11) is 8.74. The fourth-order valence-corrected chi connectivity index (χ4v) is 7.04. The zero-order valence-electron chi connectivity index (χ0n) is 21.6. The van der Waals surface area contributed by atoms with Gasteiger partial charge in [-0.25, -0.2) is 0 Å². The average Bonchev–Trinajstić information content (AvgIpc) is 3.50. The van der Waals surface area contributed by atoms with Crippen LogP contribution in [0.3, 0.4) is 0 Å². The largest absolute Gasteiger partial charge is 0.306 e. The third-order valence-corrected chi connectivity index (χ3v) is 9.49. The molecule has 4 nitrogen and oxygen atoms in total. The third-order valence-electron chi connectivity index (χ3n) is 7.12. The lowest BCUT2D eigenvalue weighted by Gasteiger charge is -2.18. The Morgan fingerprint density at radius 3 is 1.28 bits per heavy atom. The van der Waals surface area contributed by atoms with Gasteiger partial charge >= 0.3 is 0 Å². The first-order chi connectivity index (χ1) is 15.7. The number of likely N-dealkylation sites (tertiary alicyclic amines) is 2. The van der Waals surface area contributed by atoms with Crippen LogP contribution in [0.25, 0.3) is 0 Å². The van der Waals surface area contributed by atoms with Gasteiger partial charge in [0.25, 0.3) is 0 Å². The van der Waals surface area contributed by atoms with Crippen molar-refractivity contribution in [3.8, 4) is 0 Å². The lowest BCUT2D eigenvalue weighted by atomic mass is 10.2. The van der Waals surface area contributed by atoms with Gasteiger partial charge in [-0.15, -0.1) is 0 Å². The van der Waals surface area contributed by atoms with Crippen molar-refractivity contribution in [1.29, 1.82) is 0 Å². The summed E-state index contributed by atoms with van der Waals surface area (Å²) >= 11 is 0. The highest BCUT2D eigenvalue weighted by molar-refractivity contribution is 8.76. The van der Waals surface area contributed by atoms with Crippen molar-refractivity contribution < 1.29 is 0 Å². The highest BCUT2D eigenvalue weighted by Gasteiger charge is 2.11. The van der Waals surface area contributed by atoms with E-state index in [0.29, 0.717) is 0 Å². The normalized spacial score (nSPS) is 18.0. The fraction of sp³-hybridized carbons (Fsp3) is 1.00. The van der Waals surface area contributed by atoms with Gasteiger partial charge in [0, 0.05) is 24.6 Å². The van der Waals surface area contributed by atoms with E-state index in [2.05, 4.69) is 55.3 Å². The zero-order valence-corrected chi connectivity index (χ0v) is 23.2. The molecule has 190 valence electrons. The van der Waals surface area contributed by atoms with E-state index < -0.39 is 0 Å². The Morgan fingerprint density at radius 2 is 0.875 bits per heavy atom. The van der Waals surface area contributed by atoms with Crippen molar-refractivity contribution in [2.45, 2.75) is 77.0 Å². The summed E-state index contributed by atoms with van der Waals surface area (Å²) in [6, 6.07) is 0. The molecule has 2 fully saturated rings. The van der Waals surface area contributed by atoms with Crippen molar-refractivity contribution in [2.75, 3.05) is 91.0 Å². The topological polar surface area (TPSA) is 13.0 Å². The Kier molecular flexibility index (Phi) is 17.8. The van der Waals surface area contributed by atoms with Crippen molar-refractivity contribution in [1.82, 2.24) is 19.6 Å². The standard InChI is InChI=1S/C26H54N4S2/c1-27(15-7-3-5-9-17-29-19-11-12-20-29)23-25-31-32-26-24-28(2)16-8-4-6-10-18-30-21-13-14-22-30/h3-26H2,1-2H3. The van der Waals surface area contributed by atoms with Crippen LogP contribution in [0.2, 0.25) is 0 Å². The predicted octanol–water partition coefficient (Wildman–Crippen LogP) is 5.54. The Morgan fingerprint density at radius 1 is 0.500 bits per heavy atom. The summed E-state index contributed by atoms with van der Waals surface area (Å²) in [5, 5.41) is 0. The molecule has 0 unspecified atom stereocenters. The number of hydrogen-bond acceptors (Lipinski definition) is 6. The molecule has 32 heavy (non-hydrogen) atoms. The molecule has 0 aromatic heterocycles. The third kappa shape index (κ3) is 15.4. The van der Waals surface area contributed by atoms with Gasteiger partial charge in [0.1, 0.15) is 0 Å². The number of hydrogen-bond donors (Lipinski definition) is 0. The summed E-state index contributed by atoms with van der Waals surface area (Å²) in [5.74, 6) is 2.52. The second kappa shape index (κ2) is 19.8. The maximum atomic E-state index is 2.65. The molecule has 2 aliphatic heterocycles. The van der Waals surface area contributed by atoms with Crippen molar-refractivity contribution >= 4 is 21.6 Å². The Hall–Kier alpha value is 0.540. The predicted molar refractivity (Wildman–Crippen MR) is 148 cm³/mol. The molecule has 0 atom stereocenters. The summed E-state index contributed by atoms with van der Waals surface area (Å²) in [5.41, 5.74) is 0. The maximum Gasteiger partial charge on any atom is 0.0165 e. The van der Waals surface area contributed by atoms with Crippen molar-refractivity contribution in [3.63, 3.8) is 0 Å². The lowest BCUT2D eigenvalue weighted by molar-refractivity contribution is 0.318. The highest BCUT2D eigenvalue weighted by Crippen LogP contribution is 2.21. The Balaban J connectivity index is 1.26. The molecule has 0 aromatic carbocycles. The number of nitrogens with zero attached hydrogens (tertiary/aromatic N) is 4. The molecule has 6 heteroatoms. The number of rotatable bonds is 21. The average molecular weight is 487 g/mol. The van der Waals surface area contributed by atoms with Gasteiger partial charge in [0.2, 0.25) is 0 Å². The Bertz CT molecular complexity index is 377. The first kappa shape index (κ1) is 28.8. The molecule has 0 aromatic rings. The van der Waals surface area contributed by atoms with E-state index >= 15 is 0 Å². The minimum atomic E-state index is 1.23. The quantitative estimate of drug-likeness (QED) is 0.155. The van der Waals surface area contributed by atoms with Gasteiger partial charge in [-0.2, -0.15) is 0 Å². The van der Waals surface area contributed by atoms with Crippen LogP contribution < -0.4 is 0 Å². The van der Waals surface area contributed by atoms with Crippen LogP contribution in [-0.4, -0.2) is 111 Å². The highest BCUT2D eigenvalue weighted by atomic mass is 33.1. The molecule has 0 spiro atoms. The second-order valence-corrected chi connectivity index (χ2v) is 12.9. The second-order valence-electron chi connectivity index (χ2n) is 10.2. The van der Waals surface area contributed by atoms with Crippen LogP contribution >= 0.6 is 21.6 Å². The van der Waals surface area contributed by atoms with Crippen LogP contribution in [-0.2, 0) is 0 Å². The van der Waals surface area contributed by atoms with E-state index in [9.17, 15) is 0 Å². The lowest BCUT2D eigenvalue weighted by Crippen LogP contribution is -2.23. The van der Waals surface area contributed by atoms with E-state index in [1.54, 1.807) is 0 Å². The molecule has 0 amide bonds. The summed E-state index contributed by atoms with van der Waals surface area (Å²) in [4.78, 5) is 10.4. The van der Waals surface area contributed by atoms with Crippen molar-refractivity contribution in [3.05, 3.63) is 0 Å². The van der Waals surface area contributed by atoms with E-state index in [4.69, 9.17) is 0 Å².